The molecule has 1 aromatic rings. The van der Waals surface area contributed by atoms with Crippen LogP contribution >= 0.6 is 10.7 Å². The van der Waals surface area contributed by atoms with Crippen LogP contribution in [0, 0.1) is 6.92 Å². The van der Waals surface area contributed by atoms with E-state index in [0.717, 1.165) is 0 Å². The van der Waals surface area contributed by atoms with E-state index in [1.807, 2.05) is 6.92 Å². The van der Waals surface area contributed by atoms with Gasteiger partial charge in [-0.05, 0) is 38.0 Å². The lowest BCUT2D eigenvalue weighted by atomic mass is 10.1. The second-order valence-corrected chi connectivity index (χ2v) is 6.88. The quantitative estimate of drug-likeness (QED) is 0.671. The van der Waals surface area contributed by atoms with Crippen LogP contribution in [0.3, 0.4) is 0 Å². The molecule has 4 nitrogen and oxygen atoms in total. The van der Waals surface area contributed by atoms with E-state index in [1.165, 1.54) is 12.1 Å². The minimum absolute atomic E-state index is 0.0688. The molecule has 0 aliphatic heterocycles. The molecule has 1 rings (SSSR count). The van der Waals surface area contributed by atoms with E-state index >= 15 is 0 Å². The number of hydrogen-bond donors (Lipinski definition) is 1. The zero-order chi connectivity index (χ0) is 14.6. The predicted molar refractivity (Wildman–Crippen MR) is 76.0 cm³/mol. The van der Waals surface area contributed by atoms with Crippen molar-refractivity contribution in [2.24, 2.45) is 0 Å². The highest BCUT2D eigenvalue weighted by Crippen LogP contribution is 2.19. The van der Waals surface area contributed by atoms with Crippen molar-refractivity contribution in [2.75, 3.05) is 0 Å². The Balaban J connectivity index is 3.06. The molecule has 0 aliphatic carbocycles. The number of amides is 1. The van der Waals surface area contributed by atoms with Crippen molar-refractivity contribution >= 4 is 25.6 Å². The van der Waals surface area contributed by atoms with Crippen LogP contribution in [0.5, 0.6) is 0 Å². The van der Waals surface area contributed by atoms with Gasteiger partial charge in [-0.2, -0.15) is 0 Å². The molecule has 0 bridgehead atoms. The van der Waals surface area contributed by atoms with Crippen molar-refractivity contribution in [3.63, 3.8) is 0 Å². The second kappa shape index (κ2) is 6.21. The summed E-state index contributed by atoms with van der Waals surface area (Å²) < 4.78 is 22.5. The van der Waals surface area contributed by atoms with Crippen LogP contribution in [0.2, 0.25) is 0 Å². The molecule has 0 saturated carbocycles. The van der Waals surface area contributed by atoms with Crippen molar-refractivity contribution in [3.8, 4) is 0 Å². The Morgan fingerprint density at radius 2 is 2.16 bits per heavy atom. The van der Waals surface area contributed by atoms with Gasteiger partial charge in [-0.3, -0.25) is 4.79 Å². The van der Waals surface area contributed by atoms with Crippen molar-refractivity contribution in [1.29, 1.82) is 0 Å². The third kappa shape index (κ3) is 4.36. The van der Waals surface area contributed by atoms with Crippen molar-refractivity contribution in [1.82, 2.24) is 5.32 Å². The standard InChI is InChI=1S/C13H16ClNO3S/c1-4-5-10(3)15-13(16)12-8-11(19(14,17)18)7-6-9(12)2/h4,6-8,10H,1,5H2,2-3H3,(H,15,16). The lowest BCUT2D eigenvalue weighted by Crippen LogP contribution is -2.32. The molecule has 0 aromatic heterocycles. The summed E-state index contributed by atoms with van der Waals surface area (Å²) >= 11 is 0. The summed E-state index contributed by atoms with van der Waals surface area (Å²) in [6.45, 7) is 7.17. The average Bonchev–Trinajstić information content (AvgIpc) is 2.27. The normalized spacial score (nSPS) is 12.8. The summed E-state index contributed by atoms with van der Waals surface area (Å²) in [5.41, 5.74) is 0.991. The first-order chi connectivity index (χ1) is 8.75. The molecule has 19 heavy (non-hydrogen) atoms. The minimum Gasteiger partial charge on any atom is -0.349 e. The minimum atomic E-state index is -3.84. The average molecular weight is 302 g/mol. The Morgan fingerprint density at radius 3 is 2.68 bits per heavy atom. The van der Waals surface area contributed by atoms with Crippen LogP contribution in [0.1, 0.15) is 29.3 Å². The van der Waals surface area contributed by atoms with Crippen molar-refractivity contribution < 1.29 is 13.2 Å². The van der Waals surface area contributed by atoms with Gasteiger partial charge in [-0.15, -0.1) is 6.58 Å². The third-order valence-electron chi connectivity index (χ3n) is 2.63. The molecule has 1 amide bonds. The van der Waals surface area contributed by atoms with Crippen LogP contribution in [0.4, 0.5) is 0 Å². The van der Waals surface area contributed by atoms with Crippen LogP contribution in [0.25, 0.3) is 0 Å². The lowest BCUT2D eigenvalue weighted by Gasteiger charge is -2.13. The molecule has 1 aromatic carbocycles. The summed E-state index contributed by atoms with van der Waals surface area (Å²) in [5.74, 6) is -0.325. The summed E-state index contributed by atoms with van der Waals surface area (Å²) in [6, 6.07) is 4.15. The number of carbonyl (C=O) groups excluding carboxylic acids is 1. The van der Waals surface area contributed by atoms with Crippen LogP contribution in [-0.4, -0.2) is 20.4 Å². The van der Waals surface area contributed by atoms with Crippen LogP contribution < -0.4 is 5.32 Å². The molecule has 0 saturated heterocycles. The molecule has 0 heterocycles. The van der Waals surface area contributed by atoms with E-state index in [1.54, 1.807) is 19.1 Å². The molecule has 1 atom stereocenters. The zero-order valence-corrected chi connectivity index (χ0v) is 12.4. The molecule has 1 unspecified atom stereocenters. The smallest absolute Gasteiger partial charge is 0.261 e. The Morgan fingerprint density at radius 1 is 1.53 bits per heavy atom. The SMILES string of the molecule is C=CCC(C)NC(=O)c1cc(S(=O)(=O)Cl)ccc1C. The van der Waals surface area contributed by atoms with Gasteiger partial charge >= 0.3 is 0 Å². The van der Waals surface area contributed by atoms with Gasteiger partial charge in [0.1, 0.15) is 0 Å². The first-order valence-electron chi connectivity index (χ1n) is 5.72. The Kier molecular flexibility index (Phi) is 5.14. The highest BCUT2D eigenvalue weighted by Gasteiger charge is 2.16. The van der Waals surface area contributed by atoms with E-state index in [9.17, 15) is 13.2 Å². The Hall–Kier alpha value is -1.33. The second-order valence-electron chi connectivity index (χ2n) is 4.31. The molecule has 104 valence electrons. The summed E-state index contributed by atoms with van der Waals surface area (Å²) in [6.07, 6.45) is 2.34. The molecular weight excluding hydrogens is 286 g/mol. The molecule has 0 fully saturated rings. The third-order valence-corrected chi connectivity index (χ3v) is 3.98. The number of benzene rings is 1. The van der Waals surface area contributed by atoms with Gasteiger partial charge in [-0.25, -0.2) is 8.42 Å². The number of rotatable bonds is 5. The van der Waals surface area contributed by atoms with E-state index in [2.05, 4.69) is 11.9 Å². The van der Waals surface area contributed by atoms with Crippen molar-refractivity contribution in [3.05, 3.63) is 42.0 Å². The molecule has 0 aliphatic rings. The fourth-order valence-corrected chi connectivity index (χ4v) is 2.39. The number of nitrogens with one attached hydrogen (secondary N) is 1. The maximum absolute atomic E-state index is 12.0. The van der Waals surface area contributed by atoms with Gasteiger partial charge < -0.3 is 5.32 Å². The molecule has 1 N–H and O–H groups in total. The lowest BCUT2D eigenvalue weighted by molar-refractivity contribution is 0.0939. The molecule has 0 radical (unpaired) electrons. The number of hydrogen-bond acceptors (Lipinski definition) is 3. The Bertz CT molecular complexity index is 596. The Labute approximate surface area is 117 Å². The first kappa shape index (κ1) is 15.7. The zero-order valence-electron chi connectivity index (χ0n) is 10.8. The summed E-state index contributed by atoms with van der Waals surface area (Å²) in [5, 5.41) is 2.77. The maximum Gasteiger partial charge on any atom is 0.261 e. The molecule has 6 heteroatoms. The highest BCUT2D eigenvalue weighted by molar-refractivity contribution is 8.13. The van der Waals surface area contributed by atoms with Gasteiger partial charge in [0.25, 0.3) is 15.0 Å². The predicted octanol–water partition coefficient (Wildman–Crippen LogP) is 2.62. The van der Waals surface area contributed by atoms with Gasteiger partial charge in [-0.1, -0.05) is 12.1 Å². The maximum atomic E-state index is 12.0. The van der Waals surface area contributed by atoms with E-state index in [-0.39, 0.29) is 16.8 Å². The number of aryl methyl sites for hydroxylation is 1. The van der Waals surface area contributed by atoms with Gasteiger partial charge in [0.15, 0.2) is 0 Å². The monoisotopic (exact) mass is 301 g/mol. The number of carbonyl (C=O) groups is 1. The van der Waals surface area contributed by atoms with E-state index in [4.69, 9.17) is 10.7 Å². The fourth-order valence-electron chi connectivity index (χ4n) is 1.61. The topological polar surface area (TPSA) is 63.2 Å². The van der Waals surface area contributed by atoms with Gasteiger partial charge in [0, 0.05) is 22.3 Å². The first-order valence-corrected chi connectivity index (χ1v) is 8.03. The van der Waals surface area contributed by atoms with E-state index < -0.39 is 9.05 Å². The highest BCUT2D eigenvalue weighted by atomic mass is 35.7. The van der Waals surface area contributed by atoms with Crippen LogP contribution in [-0.2, 0) is 9.05 Å². The van der Waals surface area contributed by atoms with E-state index in [0.29, 0.717) is 17.5 Å². The summed E-state index contributed by atoms with van der Waals surface area (Å²) in [4.78, 5) is 12.0. The van der Waals surface area contributed by atoms with Crippen molar-refractivity contribution in [2.45, 2.75) is 31.2 Å². The molecule has 0 spiro atoms. The summed E-state index contributed by atoms with van der Waals surface area (Å²) in [7, 11) is 1.43. The molecular formula is C13H16ClNO3S. The van der Waals surface area contributed by atoms with Gasteiger partial charge in [0.2, 0.25) is 0 Å². The van der Waals surface area contributed by atoms with Crippen LogP contribution in [0.15, 0.2) is 35.7 Å². The van der Waals surface area contributed by atoms with Gasteiger partial charge in [0.05, 0.1) is 4.90 Å². The fraction of sp³-hybridized carbons (Fsp3) is 0.308. The largest absolute Gasteiger partial charge is 0.349 e. The number of halogens is 1.